The van der Waals surface area contributed by atoms with Gasteiger partial charge in [0.05, 0.1) is 18.0 Å². The number of halogens is 1. The zero-order valence-corrected chi connectivity index (χ0v) is 15.9. The number of benzene rings is 2. The quantitative estimate of drug-likeness (QED) is 0.818. The second-order valence-corrected chi connectivity index (χ2v) is 8.60. The molecular formula is C17H17BrN2O4S. The number of nitrogens with one attached hydrogen (secondary N) is 1. The number of fused-ring (bicyclic) bond motifs is 1. The van der Waals surface area contributed by atoms with Crippen molar-refractivity contribution in [2.24, 2.45) is 0 Å². The van der Waals surface area contributed by atoms with Crippen LogP contribution in [0.25, 0.3) is 0 Å². The Bertz CT molecular complexity index is 901. The molecule has 0 saturated carbocycles. The van der Waals surface area contributed by atoms with Crippen molar-refractivity contribution in [1.82, 2.24) is 0 Å². The summed E-state index contributed by atoms with van der Waals surface area (Å²) in [6.07, 6.45) is -0.935. The van der Waals surface area contributed by atoms with Crippen LogP contribution in [0.15, 0.2) is 53.0 Å². The SMILES string of the molecule is CCS(=O)(=O)N1C[C@@H](C(=O)Nc2cccc(Br)c2)Oc2ccccc21. The van der Waals surface area contributed by atoms with E-state index in [0.717, 1.165) is 4.47 Å². The van der Waals surface area contributed by atoms with Gasteiger partial charge in [-0.25, -0.2) is 8.42 Å². The molecule has 0 fully saturated rings. The summed E-state index contributed by atoms with van der Waals surface area (Å²) in [6.45, 7) is 1.51. The predicted molar refractivity (Wildman–Crippen MR) is 100 cm³/mol. The van der Waals surface area contributed by atoms with Crippen molar-refractivity contribution >= 4 is 43.2 Å². The Morgan fingerprint density at radius 3 is 2.76 bits per heavy atom. The molecule has 3 rings (SSSR count). The molecule has 1 aliphatic heterocycles. The molecule has 0 bridgehead atoms. The molecule has 0 aliphatic carbocycles. The van der Waals surface area contributed by atoms with Crippen LogP contribution in [0, 0.1) is 0 Å². The maximum atomic E-state index is 12.6. The van der Waals surface area contributed by atoms with Crippen molar-refractivity contribution in [3.8, 4) is 5.75 Å². The van der Waals surface area contributed by atoms with Crippen LogP contribution in [-0.4, -0.2) is 32.7 Å². The molecule has 6 nitrogen and oxygen atoms in total. The van der Waals surface area contributed by atoms with Gasteiger partial charge in [-0.3, -0.25) is 9.10 Å². The maximum absolute atomic E-state index is 12.6. The van der Waals surface area contributed by atoms with Gasteiger partial charge in [0.25, 0.3) is 5.91 Å². The van der Waals surface area contributed by atoms with Gasteiger partial charge in [0.2, 0.25) is 10.0 Å². The fourth-order valence-corrected chi connectivity index (χ4v) is 4.07. The third-order valence-electron chi connectivity index (χ3n) is 3.82. The van der Waals surface area contributed by atoms with E-state index in [-0.39, 0.29) is 12.3 Å². The lowest BCUT2D eigenvalue weighted by molar-refractivity contribution is -0.122. The highest BCUT2D eigenvalue weighted by Crippen LogP contribution is 2.35. The number of sulfonamides is 1. The second kappa shape index (κ2) is 7.05. The Hall–Kier alpha value is -2.06. The minimum Gasteiger partial charge on any atom is -0.476 e. The molecule has 1 aliphatic rings. The van der Waals surface area contributed by atoms with Crippen LogP contribution in [0.2, 0.25) is 0 Å². The fraction of sp³-hybridized carbons (Fsp3) is 0.235. The summed E-state index contributed by atoms with van der Waals surface area (Å²) in [4.78, 5) is 12.6. The minimum atomic E-state index is -3.51. The number of ether oxygens (including phenoxy) is 1. The maximum Gasteiger partial charge on any atom is 0.267 e. The summed E-state index contributed by atoms with van der Waals surface area (Å²) in [6, 6.07) is 14.0. The number of hydrogen-bond donors (Lipinski definition) is 1. The van der Waals surface area contributed by atoms with Crippen LogP contribution in [0.5, 0.6) is 5.75 Å². The monoisotopic (exact) mass is 424 g/mol. The van der Waals surface area contributed by atoms with Gasteiger partial charge >= 0.3 is 0 Å². The van der Waals surface area contributed by atoms with E-state index in [4.69, 9.17) is 4.74 Å². The minimum absolute atomic E-state index is 0.0543. The molecule has 1 amide bonds. The summed E-state index contributed by atoms with van der Waals surface area (Å²) < 4.78 is 32.7. The highest BCUT2D eigenvalue weighted by molar-refractivity contribution is 9.10. The van der Waals surface area contributed by atoms with Crippen molar-refractivity contribution < 1.29 is 17.9 Å². The van der Waals surface area contributed by atoms with Gasteiger partial charge in [0, 0.05) is 10.2 Å². The van der Waals surface area contributed by atoms with Gasteiger partial charge in [-0.15, -0.1) is 0 Å². The topological polar surface area (TPSA) is 75.7 Å². The number of nitrogens with zero attached hydrogens (tertiary/aromatic N) is 1. The molecule has 1 heterocycles. The van der Waals surface area contributed by atoms with Gasteiger partial charge in [0.1, 0.15) is 5.75 Å². The number of amides is 1. The van der Waals surface area contributed by atoms with Gasteiger partial charge in [0.15, 0.2) is 6.10 Å². The molecule has 1 N–H and O–H groups in total. The first-order valence-electron chi connectivity index (χ1n) is 7.73. The Kier molecular flexibility index (Phi) is 5.01. The van der Waals surface area contributed by atoms with E-state index in [1.54, 1.807) is 49.4 Å². The van der Waals surface area contributed by atoms with Crippen molar-refractivity contribution in [1.29, 1.82) is 0 Å². The smallest absolute Gasteiger partial charge is 0.267 e. The van der Waals surface area contributed by atoms with E-state index in [2.05, 4.69) is 21.2 Å². The lowest BCUT2D eigenvalue weighted by Crippen LogP contribution is -2.49. The van der Waals surface area contributed by atoms with Crippen LogP contribution in [0.1, 0.15) is 6.92 Å². The Balaban J connectivity index is 1.87. The van der Waals surface area contributed by atoms with Crippen molar-refractivity contribution in [2.75, 3.05) is 21.9 Å². The number of para-hydroxylation sites is 2. The molecule has 2 aromatic rings. The number of hydrogen-bond acceptors (Lipinski definition) is 4. The number of anilines is 2. The third kappa shape index (κ3) is 3.80. The van der Waals surface area contributed by atoms with Gasteiger partial charge in [-0.05, 0) is 37.3 Å². The molecule has 8 heteroatoms. The third-order valence-corrected chi connectivity index (χ3v) is 6.06. The molecular weight excluding hydrogens is 408 g/mol. The molecule has 0 aromatic heterocycles. The zero-order valence-electron chi connectivity index (χ0n) is 13.5. The van der Waals surface area contributed by atoms with Crippen molar-refractivity contribution in [3.63, 3.8) is 0 Å². The Morgan fingerprint density at radius 1 is 1.28 bits per heavy atom. The van der Waals surface area contributed by atoms with E-state index in [1.807, 2.05) is 6.07 Å². The fourth-order valence-electron chi connectivity index (χ4n) is 2.55. The van der Waals surface area contributed by atoms with Crippen LogP contribution in [0.4, 0.5) is 11.4 Å². The first-order chi connectivity index (χ1) is 11.9. The van der Waals surface area contributed by atoms with Crippen LogP contribution in [0.3, 0.4) is 0 Å². The van der Waals surface area contributed by atoms with Crippen molar-refractivity contribution in [3.05, 3.63) is 53.0 Å². The Morgan fingerprint density at radius 2 is 2.04 bits per heavy atom. The average Bonchev–Trinajstić information content (AvgIpc) is 2.60. The van der Waals surface area contributed by atoms with Gasteiger partial charge in [-0.1, -0.05) is 34.1 Å². The summed E-state index contributed by atoms with van der Waals surface area (Å²) in [5, 5.41) is 2.76. The van der Waals surface area contributed by atoms with E-state index in [0.29, 0.717) is 17.1 Å². The second-order valence-electron chi connectivity index (χ2n) is 5.51. The highest BCUT2D eigenvalue weighted by Gasteiger charge is 2.35. The number of rotatable bonds is 4. The molecule has 0 spiro atoms. The van der Waals surface area contributed by atoms with E-state index in [1.165, 1.54) is 4.31 Å². The molecule has 0 saturated heterocycles. The average molecular weight is 425 g/mol. The summed E-state index contributed by atoms with van der Waals surface area (Å²) in [7, 11) is -3.51. The van der Waals surface area contributed by atoms with E-state index in [9.17, 15) is 13.2 Å². The van der Waals surface area contributed by atoms with Crippen LogP contribution in [-0.2, 0) is 14.8 Å². The predicted octanol–water partition coefficient (Wildman–Crippen LogP) is 3.00. The Labute approximate surface area is 155 Å². The summed E-state index contributed by atoms with van der Waals surface area (Å²) >= 11 is 3.34. The number of carbonyl (C=O) groups is 1. The first-order valence-corrected chi connectivity index (χ1v) is 10.1. The lowest BCUT2D eigenvalue weighted by Gasteiger charge is -2.34. The normalized spacial score (nSPS) is 16.7. The van der Waals surface area contributed by atoms with Gasteiger partial charge in [-0.2, -0.15) is 0 Å². The van der Waals surface area contributed by atoms with Gasteiger partial charge < -0.3 is 10.1 Å². The molecule has 0 unspecified atom stereocenters. The molecule has 0 radical (unpaired) electrons. The molecule has 2 aromatic carbocycles. The lowest BCUT2D eigenvalue weighted by atomic mass is 10.2. The molecule has 25 heavy (non-hydrogen) atoms. The molecule has 1 atom stereocenters. The largest absolute Gasteiger partial charge is 0.476 e. The first kappa shape index (κ1) is 17.8. The van der Waals surface area contributed by atoms with E-state index < -0.39 is 22.0 Å². The van der Waals surface area contributed by atoms with Crippen molar-refractivity contribution in [2.45, 2.75) is 13.0 Å². The highest BCUT2D eigenvalue weighted by atomic mass is 79.9. The molecule has 132 valence electrons. The van der Waals surface area contributed by atoms with Crippen LogP contribution < -0.4 is 14.4 Å². The standard InChI is InChI=1S/C17H17BrN2O4S/c1-2-25(22,23)20-11-16(24-15-9-4-3-8-14(15)20)17(21)19-13-7-5-6-12(18)10-13/h3-10,16H,2,11H2,1H3,(H,19,21)/t16-/m0/s1. The zero-order chi connectivity index (χ0) is 18.0. The van der Waals surface area contributed by atoms with E-state index >= 15 is 0 Å². The number of carbonyl (C=O) groups excluding carboxylic acids is 1. The van der Waals surface area contributed by atoms with Crippen LogP contribution >= 0.6 is 15.9 Å². The summed E-state index contributed by atoms with van der Waals surface area (Å²) in [5.41, 5.74) is 1.06. The summed E-state index contributed by atoms with van der Waals surface area (Å²) in [5.74, 6) is -0.0783.